The molecule has 1 amide bonds. The van der Waals surface area contributed by atoms with Gasteiger partial charge in [0.2, 0.25) is 0 Å². The van der Waals surface area contributed by atoms with Crippen LogP contribution in [0.3, 0.4) is 0 Å². The van der Waals surface area contributed by atoms with Gasteiger partial charge in [-0.2, -0.15) is 11.3 Å². The lowest BCUT2D eigenvalue weighted by molar-refractivity contribution is -0.134. The lowest BCUT2D eigenvalue weighted by Gasteiger charge is -2.21. The molecule has 0 saturated heterocycles. The molecule has 0 aliphatic carbocycles. The number of ether oxygens (including phenoxy) is 1. The molecule has 0 spiro atoms. The molecule has 0 atom stereocenters. The monoisotopic (exact) mass is 369 g/mol. The largest absolute Gasteiger partial charge is 0.484 e. The Labute approximate surface area is 158 Å². The van der Waals surface area contributed by atoms with Crippen LogP contribution in [0.25, 0.3) is 0 Å². The molecule has 0 saturated carbocycles. The summed E-state index contributed by atoms with van der Waals surface area (Å²) in [5.41, 5.74) is 2.36. The molecule has 0 N–H and O–H groups in total. The fourth-order valence-corrected chi connectivity index (χ4v) is 3.27. The van der Waals surface area contributed by atoms with Crippen molar-refractivity contribution in [3.05, 3.63) is 76.4 Å². The molecule has 26 heavy (non-hydrogen) atoms. The Morgan fingerprint density at radius 3 is 2.58 bits per heavy atom. The van der Waals surface area contributed by atoms with Gasteiger partial charge in [-0.1, -0.05) is 26.0 Å². The number of hydrogen-bond donors (Lipinski definition) is 0. The van der Waals surface area contributed by atoms with E-state index < -0.39 is 0 Å². The minimum absolute atomic E-state index is 0.00582. The Morgan fingerprint density at radius 1 is 1.15 bits per heavy atom. The van der Waals surface area contributed by atoms with Crippen molar-refractivity contribution in [2.75, 3.05) is 6.61 Å². The number of nitrogens with zero attached hydrogens (tertiary/aromatic N) is 1. The van der Waals surface area contributed by atoms with E-state index in [1.807, 2.05) is 53.2 Å². The first-order valence-electron chi connectivity index (χ1n) is 8.66. The van der Waals surface area contributed by atoms with Gasteiger partial charge < -0.3 is 14.1 Å². The highest BCUT2D eigenvalue weighted by atomic mass is 32.1. The van der Waals surface area contributed by atoms with Crippen molar-refractivity contribution >= 4 is 17.2 Å². The predicted octanol–water partition coefficient (Wildman–Crippen LogP) is 5.07. The number of hydrogen-bond acceptors (Lipinski definition) is 4. The highest BCUT2D eigenvalue weighted by molar-refractivity contribution is 7.07. The molecular weight excluding hydrogens is 346 g/mol. The van der Waals surface area contributed by atoms with E-state index in [2.05, 4.69) is 13.8 Å². The van der Waals surface area contributed by atoms with Crippen LogP contribution in [0.2, 0.25) is 0 Å². The van der Waals surface area contributed by atoms with E-state index in [4.69, 9.17) is 9.15 Å². The first kappa shape index (κ1) is 18.3. The van der Waals surface area contributed by atoms with E-state index in [1.54, 1.807) is 22.5 Å². The van der Waals surface area contributed by atoms with Crippen molar-refractivity contribution < 1.29 is 13.9 Å². The van der Waals surface area contributed by atoms with E-state index in [1.165, 1.54) is 5.56 Å². The maximum atomic E-state index is 12.7. The smallest absolute Gasteiger partial charge is 0.261 e. The minimum Gasteiger partial charge on any atom is -0.484 e. The molecule has 2 heterocycles. The van der Waals surface area contributed by atoms with Gasteiger partial charge in [0.25, 0.3) is 5.91 Å². The van der Waals surface area contributed by atoms with Crippen LogP contribution >= 0.6 is 11.3 Å². The average molecular weight is 369 g/mol. The van der Waals surface area contributed by atoms with E-state index >= 15 is 0 Å². The summed E-state index contributed by atoms with van der Waals surface area (Å²) in [4.78, 5) is 14.5. The summed E-state index contributed by atoms with van der Waals surface area (Å²) in [5, 5.41) is 4.06. The third-order valence-corrected chi connectivity index (χ3v) is 4.87. The van der Waals surface area contributed by atoms with Gasteiger partial charge in [-0.25, -0.2) is 0 Å². The third kappa shape index (κ3) is 4.99. The quantitative estimate of drug-likeness (QED) is 0.556. The van der Waals surface area contributed by atoms with Crippen molar-refractivity contribution in [3.63, 3.8) is 0 Å². The van der Waals surface area contributed by atoms with Gasteiger partial charge in [-0.05, 0) is 58.1 Å². The molecule has 3 aromatic rings. The van der Waals surface area contributed by atoms with Gasteiger partial charge in [0.1, 0.15) is 11.5 Å². The van der Waals surface area contributed by atoms with Crippen molar-refractivity contribution in [1.29, 1.82) is 0 Å². The van der Waals surface area contributed by atoms with E-state index in [9.17, 15) is 4.79 Å². The highest BCUT2D eigenvalue weighted by Gasteiger charge is 2.17. The van der Waals surface area contributed by atoms with Crippen molar-refractivity contribution in [2.24, 2.45) is 0 Å². The van der Waals surface area contributed by atoms with Gasteiger partial charge in [0.15, 0.2) is 6.61 Å². The third-order valence-electron chi connectivity index (χ3n) is 4.14. The van der Waals surface area contributed by atoms with Crippen LogP contribution in [0, 0.1) is 0 Å². The van der Waals surface area contributed by atoms with E-state index in [-0.39, 0.29) is 12.5 Å². The summed E-state index contributed by atoms with van der Waals surface area (Å²) >= 11 is 1.62. The topological polar surface area (TPSA) is 42.7 Å². The first-order valence-corrected chi connectivity index (χ1v) is 9.60. The molecule has 5 heteroatoms. The molecule has 0 bridgehead atoms. The number of amides is 1. The Bertz CT molecular complexity index is 756. The van der Waals surface area contributed by atoms with Gasteiger partial charge >= 0.3 is 0 Å². The second-order valence-electron chi connectivity index (χ2n) is 6.47. The molecule has 2 aromatic heterocycles. The van der Waals surface area contributed by atoms with E-state index in [0.717, 1.165) is 11.3 Å². The molecule has 0 fully saturated rings. The van der Waals surface area contributed by atoms with E-state index in [0.29, 0.717) is 24.8 Å². The molecule has 0 aliphatic heterocycles. The highest BCUT2D eigenvalue weighted by Crippen LogP contribution is 2.19. The van der Waals surface area contributed by atoms with Crippen LogP contribution in [0.4, 0.5) is 0 Å². The van der Waals surface area contributed by atoms with Crippen molar-refractivity contribution in [3.8, 4) is 5.75 Å². The summed E-state index contributed by atoms with van der Waals surface area (Å²) < 4.78 is 11.1. The van der Waals surface area contributed by atoms with Crippen LogP contribution in [0.15, 0.2) is 63.9 Å². The summed E-state index contributed by atoms with van der Waals surface area (Å²) in [5.74, 6) is 1.87. The van der Waals surface area contributed by atoms with Gasteiger partial charge in [-0.3, -0.25) is 4.79 Å². The number of benzene rings is 1. The van der Waals surface area contributed by atoms with Crippen molar-refractivity contribution in [2.45, 2.75) is 32.9 Å². The Hall–Kier alpha value is -2.53. The SMILES string of the molecule is CC(C)c1ccc(OCC(=O)N(Cc2ccsc2)Cc2ccco2)cc1. The Kier molecular flexibility index (Phi) is 6.12. The number of carbonyl (C=O) groups is 1. The van der Waals surface area contributed by atoms with Crippen LogP contribution in [0.1, 0.15) is 36.7 Å². The fraction of sp³-hybridized carbons (Fsp3) is 0.286. The average Bonchev–Trinajstić information content (AvgIpc) is 3.33. The van der Waals surface area contributed by atoms with Crippen LogP contribution < -0.4 is 4.74 Å². The minimum atomic E-state index is -0.0689. The second-order valence-corrected chi connectivity index (χ2v) is 7.25. The molecule has 3 rings (SSSR count). The number of thiophene rings is 1. The van der Waals surface area contributed by atoms with Crippen molar-refractivity contribution in [1.82, 2.24) is 4.90 Å². The maximum absolute atomic E-state index is 12.7. The molecule has 136 valence electrons. The molecule has 0 unspecified atom stereocenters. The van der Waals surface area contributed by atoms with Crippen LogP contribution in [0.5, 0.6) is 5.75 Å². The molecule has 0 radical (unpaired) electrons. The lowest BCUT2D eigenvalue weighted by Crippen LogP contribution is -2.33. The Balaban J connectivity index is 1.62. The molecule has 0 aliphatic rings. The summed E-state index contributed by atoms with van der Waals surface area (Å²) in [6.07, 6.45) is 1.62. The predicted molar refractivity (Wildman–Crippen MR) is 103 cm³/mol. The lowest BCUT2D eigenvalue weighted by atomic mass is 10.0. The van der Waals surface area contributed by atoms with Gasteiger partial charge in [0, 0.05) is 6.54 Å². The normalized spacial score (nSPS) is 10.9. The standard InChI is InChI=1S/C21H23NO3S/c1-16(2)18-5-7-19(8-6-18)25-14-21(23)22(12-17-9-11-26-15-17)13-20-4-3-10-24-20/h3-11,15-16H,12-14H2,1-2H3. The molecule has 4 nitrogen and oxygen atoms in total. The van der Waals surface area contributed by atoms with Crippen LogP contribution in [-0.4, -0.2) is 17.4 Å². The number of carbonyl (C=O) groups excluding carboxylic acids is 1. The zero-order valence-corrected chi connectivity index (χ0v) is 15.9. The summed E-state index contributed by atoms with van der Waals surface area (Å²) in [6.45, 7) is 5.27. The molecular formula is C21H23NO3S. The number of rotatable bonds is 8. The zero-order valence-electron chi connectivity index (χ0n) is 15.1. The Morgan fingerprint density at radius 2 is 1.96 bits per heavy atom. The summed E-state index contributed by atoms with van der Waals surface area (Å²) in [6, 6.07) is 13.6. The fourth-order valence-electron chi connectivity index (χ4n) is 2.61. The van der Waals surface area contributed by atoms with Crippen LogP contribution in [-0.2, 0) is 17.9 Å². The second kappa shape index (κ2) is 8.72. The summed E-state index contributed by atoms with van der Waals surface area (Å²) in [7, 11) is 0. The molecule has 1 aromatic carbocycles. The van der Waals surface area contributed by atoms with Gasteiger partial charge in [0.05, 0.1) is 12.8 Å². The first-order chi connectivity index (χ1) is 12.6. The maximum Gasteiger partial charge on any atom is 0.261 e. The number of furan rings is 1. The zero-order chi connectivity index (χ0) is 18.4. The van der Waals surface area contributed by atoms with Gasteiger partial charge in [-0.15, -0.1) is 0 Å².